The van der Waals surface area contributed by atoms with Crippen molar-refractivity contribution in [2.75, 3.05) is 35.5 Å². The third-order valence-electron chi connectivity index (χ3n) is 9.94. The Kier molecular flexibility index (Phi) is 8.86. The number of hydrogen-bond acceptors (Lipinski definition) is 9. The molecule has 2 heterocycles. The lowest BCUT2D eigenvalue weighted by Crippen LogP contribution is -2.49. The second kappa shape index (κ2) is 13.3. The SMILES string of the molecule is COc1ccc([C@@]23Oc4cc(OC)cc(OC)c4[C@]2(O)c2nc(-c4ccccc4)n(CCCC(OC)OC)c(=O)c2[C@H]3c2ccccc2)cc1. The molecule has 0 spiro atoms. The number of hydrogen-bond donors (Lipinski definition) is 1. The third-order valence-corrected chi connectivity index (χ3v) is 9.94. The Bertz CT molecular complexity index is 2050. The van der Waals surface area contributed by atoms with Gasteiger partial charge in [0.1, 0.15) is 28.8 Å². The molecule has 1 aromatic heterocycles. The van der Waals surface area contributed by atoms with E-state index in [9.17, 15) is 5.11 Å². The van der Waals surface area contributed by atoms with E-state index < -0.39 is 23.4 Å². The summed E-state index contributed by atoms with van der Waals surface area (Å²) in [5, 5.41) is 13.8. The molecule has 10 heteroatoms. The quantitative estimate of drug-likeness (QED) is 0.159. The monoisotopic (exact) mass is 676 g/mol. The molecule has 0 radical (unpaired) electrons. The molecule has 5 aromatic rings. The van der Waals surface area contributed by atoms with Crippen LogP contribution in [0.1, 0.15) is 46.7 Å². The number of nitrogens with zero attached hydrogens (tertiary/aromatic N) is 2. The lowest BCUT2D eigenvalue weighted by atomic mass is 9.70. The molecule has 0 amide bonds. The van der Waals surface area contributed by atoms with Crippen LogP contribution < -0.4 is 24.5 Å². The van der Waals surface area contributed by atoms with Gasteiger partial charge in [-0.2, -0.15) is 0 Å². The highest BCUT2D eigenvalue weighted by Crippen LogP contribution is 2.69. The van der Waals surface area contributed by atoms with Gasteiger partial charge < -0.3 is 33.5 Å². The second-order valence-corrected chi connectivity index (χ2v) is 12.4. The van der Waals surface area contributed by atoms with Crippen molar-refractivity contribution in [1.29, 1.82) is 0 Å². The van der Waals surface area contributed by atoms with Crippen LogP contribution in [-0.4, -0.2) is 56.5 Å². The fourth-order valence-electron chi connectivity index (χ4n) is 7.67. The van der Waals surface area contributed by atoms with Crippen LogP contribution in [0.25, 0.3) is 11.4 Å². The number of fused-ring (bicyclic) bond motifs is 5. The van der Waals surface area contributed by atoms with Crippen molar-refractivity contribution in [3.8, 4) is 34.4 Å². The molecular weight excluding hydrogens is 636 g/mol. The fraction of sp³-hybridized carbons (Fsp3) is 0.300. The van der Waals surface area contributed by atoms with Crippen molar-refractivity contribution in [2.24, 2.45) is 0 Å². The molecule has 0 saturated heterocycles. The molecule has 7 rings (SSSR count). The summed E-state index contributed by atoms with van der Waals surface area (Å²) in [5.74, 6) is 1.45. The number of aromatic nitrogens is 2. The van der Waals surface area contributed by atoms with E-state index in [4.69, 9.17) is 33.4 Å². The first-order valence-corrected chi connectivity index (χ1v) is 16.5. The smallest absolute Gasteiger partial charge is 0.258 e. The number of ether oxygens (including phenoxy) is 6. The molecule has 3 atom stereocenters. The summed E-state index contributed by atoms with van der Waals surface area (Å²) in [4.78, 5) is 20.6. The molecule has 50 heavy (non-hydrogen) atoms. The maximum atomic E-state index is 15.3. The first-order chi connectivity index (χ1) is 24.4. The average Bonchev–Trinajstić information content (AvgIpc) is 3.56. The molecule has 1 aliphatic carbocycles. The fourth-order valence-corrected chi connectivity index (χ4v) is 7.67. The number of benzene rings is 4. The minimum Gasteiger partial charge on any atom is -0.497 e. The van der Waals surface area contributed by atoms with Crippen LogP contribution in [-0.2, 0) is 27.2 Å². The third kappa shape index (κ3) is 4.97. The first kappa shape index (κ1) is 33.3. The summed E-state index contributed by atoms with van der Waals surface area (Å²) >= 11 is 0. The zero-order valence-electron chi connectivity index (χ0n) is 28.7. The van der Waals surface area contributed by atoms with E-state index in [0.717, 1.165) is 11.1 Å². The topological polar surface area (TPSA) is 110 Å². The summed E-state index contributed by atoms with van der Waals surface area (Å²) in [6.45, 7) is 0.333. The molecule has 258 valence electrons. The van der Waals surface area contributed by atoms with Gasteiger partial charge in [0.05, 0.1) is 44.1 Å². The van der Waals surface area contributed by atoms with Crippen LogP contribution in [0.2, 0.25) is 0 Å². The molecule has 4 aromatic carbocycles. The molecule has 0 unspecified atom stereocenters. The van der Waals surface area contributed by atoms with Crippen LogP contribution >= 0.6 is 0 Å². The van der Waals surface area contributed by atoms with Gasteiger partial charge in [0.25, 0.3) is 5.56 Å². The Hall–Kier alpha value is -5.16. The molecule has 0 bridgehead atoms. The van der Waals surface area contributed by atoms with E-state index >= 15 is 4.79 Å². The molecule has 10 nitrogen and oxygen atoms in total. The van der Waals surface area contributed by atoms with Crippen LogP contribution in [0.15, 0.2) is 102 Å². The van der Waals surface area contributed by atoms with Crippen molar-refractivity contribution in [1.82, 2.24) is 9.55 Å². The number of methoxy groups -OCH3 is 5. The highest BCUT2D eigenvalue weighted by Gasteiger charge is 2.74. The van der Waals surface area contributed by atoms with E-state index in [1.807, 2.05) is 84.9 Å². The van der Waals surface area contributed by atoms with E-state index in [1.165, 1.54) is 7.11 Å². The van der Waals surface area contributed by atoms with Gasteiger partial charge in [0, 0.05) is 50.4 Å². The van der Waals surface area contributed by atoms with E-state index in [-0.39, 0.29) is 11.3 Å². The Morgan fingerprint density at radius 3 is 2.12 bits per heavy atom. The predicted octanol–water partition coefficient (Wildman–Crippen LogP) is 6.00. The zero-order valence-corrected chi connectivity index (χ0v) is 28.7. The van der Waals surface area contributed by atoms with Gasteiger partial charge in [-0.15, -0.1) is 0 Å². The predicted molar refractivity (Wildman–Crippen MR) is 187 cm³/mol. The molecule has 1 N–H and O–H groups in total. The molecule has 0 fully saturated rings. The summed E-state index contributed by atoms with van der Waals surface area (Å²) in [7, 11) is 7.88. The van der Waals surface area contributed by atoms with Gasteiger partial charge in [0.15, 0.2) is 17.5 Å². The average molecular weight is 677 g/mol. The van der Waals surface area contributed by atoms with Gasteiger partial charge in [-0.25, -0.2) is 4.98 Å². The summed E-state index contributed by atoms with van der Waals surface area (Å²) < 4.78 is 36.8. The normalized spacial score (nSPS) is 20.2. The molecular formula is C40H40N2O8. The standard InChI is InChI=1S/C40H40N2O8/c1-45-28-20-18-27(19-21-28)40-34(25-13-8-6-9-14-25)33-36(39(40,44)35-30(47-3)23-29(46-2)24-31(35)50-40)41-37(26-15-10-7-11-16-26)42(38(33)43)22-12-17-32(48-4)49-5/h6-11,13-16,18-21,23-24,32,34,44H,12,17,22H2,1-5H3/t34-,39+,40+/m1/s1. The van der Waals surface area contributed by atoms with Crippen LogP contribution in [0.5, 0.6) is 23.0 Å². The highest BCUT2D eigenvalue weighted by molar-refractivity contribution is 5.70. The second-order valence-electron chi connectivity index (χ2n) is 12.4. The summed E-state index contributed by atoms with van der Waals surface area (Å²) in [6, 6.07) is 30.0. The number of rotatable bonds is 12. The van der Waals surface area contributed by atoms with Crippen LogP contribution in [0, 0.1) is 0 Å². The minimum absolute atomic E-state index is 0.205. The lowest BCUT2D eigenvalue weighted by molar-refractivity contribution is -0.107. The Labute approximate surface area is 290 Å². The van der Waals surface area contributed by atoms with Gasteiger partial charge in [-0.05, 0) is 24.1 Å². The summed E-state index contributed by atoms with van der Waals surface area (Å²) in [5.41, 5.74) is -0.833. The summed E-state index contributed by atoms with van der Waals surface area (Å²) in [6.07, 6.45) is 0.712. The Balaban J connectivity index is 1.59. The maximum absolute atomic E-state index is 15.3. The van der Waals surface area contributed by atoms with E-state index in [2.05, 4.69) is 0 Å². The lowest BCUT2D eigenvalue weighted by Gasteiger charge is -2.40. The largest absolute Gasteiger partial charge is 0.497 e. The van der Waals surface area contributed by atoms with Crippen molar-refractivity contribution < 1.29 is 33.5 Å². The molecule has 0 saturated carbocycles. The van der Waals surface area contributed by atoms with Crippen molar-refractivity contribution in [2.45, 2.75) is 42.8 Å². The van der Waals surface area contributed by atoms with Gasteiger partial charge in [0.2, 0.25) is 0 Å². The van der Waals surface area contributed by atoms with Crippen molar-refractivity contribution in [3.05, 3.63) is 135 Å². The maximum Gasteiger partial charge on any atom is 0.258 e. The zero-order chi connectivity index (χ0) is 35.0. The highest BCUT2D eigenvalue weighted by atomic mass is 16.7. The Morgan fingerprint density at radius 1 is 0.840 bits per heavy atom. The van der Waals surface area contributed by atoms with Crippen LogP contribution in [0.3, 0.4) is 0 Å². The first-order valence-electron chi connectivity index (χ1n) is 16.5. The molecule has 2 aliphatic rings. The van der Waals surface area contributed by atoms with E-state index in [1.54, 1.807) is 45.1 Å². The number of aliphatic hydroxyl groups is 1. The van der Waals surface area contributed by atoms with Crippen molar-refractivity contribution >= 4 is 0 Å². The molecule has 1 aliphatic heterocycles. The Morgan fingerprint density at radius 2 is 1.50 bits per heavy atom. The van der Waals surface area contributed by atoms with Gasteiger partial charge in [-0.1, -0.05) is 72.8 Å². The van der Waals surface area contributed by atoms with E-state index in [0.29, 0.717) is 64.9 Å². The van der Waals surface area contributed by atoms with Gasteiger partial charge >= 0.3 is 0 Å². The van der Waals surface area contributed by atoms with Gasteiger partial charge in [-0.3, -0.25) is 9.36 Å². The van der Waals surface area contributed by atoms with Crippen molar-refractivity contribution in [3.63, 3.8) is 0 Å². The van der Waals surface area contributed by atoms with Crippen LogP contribution in [0.4, 0.5) is 0 Å². The minimum atomic E-state index is -2.00.